The third kappa shape index (κ3) is 5.10. The Morgan fingerprint density at radius 3 is 2.29 bits per heavy atom. The molecule has 21 heavy (non-hydrogen) atoms. The predicted molar refractivity (Wildman–Crippen MR) is 73.0 cm³/mol. The van der Waals surface area contributed by atoms with Crippen LogP contribution < -0.4 is 0 Å². The molecule has 0 spiro atoms. The SMILES string of the molecule is CC(C)C(OC(=O)/C=C/C1CCCCC1)C(F)(F)C(=O)O. The van der Waals surface area contributed by atoms with Gasteiger partial charge >= 0.3 is 17.9 Å². The lowest BCUT2D eigenvalue weighted by molar-refractivity contribution is -0.196. The molecule has 1 fully saturated rings. The summed E-state index contributed by atoms with van der Waals surface area (Å²) in [5, 5.41) is 8.55. The summed E-state index contributed by atoms with van der Waals surface area (Å²) in [4.78, 5) is 22.2. The number of carboxylic acid groups (broad SMARTS) is 1. The number of carbonyl (C=O) groups excluding carboxylic acids is 1. The summed E-state index contributed by atoms with van der Waals surface area (Å²) in [6.07, 6.45) is 6.16. The van der Waals surface area contributed by atoms with E-state index in [-0.39, 0.29) is 5.92 Å². The standard InChI is InChI=1S/C15H22F2O4/c1-10(2)13(15(16,17)14(19)20)21-12(18)9-8-11-6-4-3-5-7-11/h8-11,13H,3-7H2,1-2H3,(H,19,20)/b9-8+. The van der Waals surface area contributed by atoms with Gasteiger partial charge in [-0.2, -0.15) is 8.78 Å². The largest absolute Gasteiger partial charge is 0.477 e. The first-order chi connectivity index (χ1) is 9.75. The van der Waals surface area contributed by atoms with Crippen molar-refractivity contribution in [3.63, 3.8) is 0 Å². The van der Waals surface area contributed by atoms with Crippen molar-refractivity contribution in [2.24, 2.45) is 11.8 Å². The highest BCUT2D eigenvalue weighted by Gasteiger charge is 2.51. The van der Waals surface area contributed by atoms with Gasteiger partial charge in [0.1, 0.15) is 0 Å². The van der Waals surface area contributed by atoms with E-state index in [1.54, 1.807) is 6.08 Å². The summed E-state index contributed by atoms with van der Waals surface area (Å²) in [7, 11) is 0. The first-order valence-corrected chi connectivity index (χ1v) is 7.25. The molecule has 4 nitrogen and oxygen atoms in total. The first-order valence-electron chi connectivity index (χ1n) is 7.25. The molecule has 1 atom stereocenters. The van der Waals surface area contributed by atoms with Crippen LogP contribution in [0.25, 0.3) is 0 Å². The third-order valence-corrected chi connectivity index (χ3v) is 3.65. The van der Waals surface area contributed by atoms with Crippen molar-refractivity contribution in [1.82, 2.24) is 0 Å². The Morgan fingerprint density at radius 2 is 1.81 bits per heavy atom. The second-order valence-corrected chi connectivity index (χ2v) is 5.79. The van der Waals surface area contributed by atoms with E-state index in [2.05, 4.69) is 4.74 Å². The van der Waals surface area contributed by atoms with Crippen molar-refractivity contribution in [1.29, 1.82) is 0 Å². The van der Waals surface area contributed by atoms with Gasteiger partial charge in [-0.3, -0.25) is 0 Å². The molecule has 0 heterocycles. The van der Waals surface area contributed by atoms with E-state index in [1.807, 2.05) is 0 Å². The maximum atomic E-state index is 13.5. The molecule has 0 radical (unpaired) electrons. The summed E-state index contributed by atoms with van der Waals surface area (Å²) in [5.41, 5.74) is 0. The quantitative estimate of drug-likeness (QED) is 0.603. The molecular formula is C15H22F2O4. The number of allylic oxidation sites excluding steroid dienone is 1. The molecule has 1 aliphatic rings. The van der Waals surface area contributed by atoms with Crippen molar-refractivity contribution in [3.8, 4) is 0 Å². The number of aliphatic carboxylic acids is 1. The highest BCUT2D eigenvalue weighted by Crippen LogP contribution is 2.28. The Labute approximate surface area is 123 Å². The van der Waals surface area contributed by atoms with E-state index in [0.29, 0.717) is 0 Å². The molecule has 0 aromatic carbocycles. The van der Waals surface area contributed by atoms with Gasteiger partial charge in [0.15, 0.2) is 6.10 Å². The monoisotopic (exact) mass is 304 g/mol. The van der Waals surface area contributed by atoms with Crippen LogP contribution in [0.5, 0.6) is 0 Å². The number of hydrogen-bond acceptors (Lipinski definition) is 3. The highest BCUT2D eigenvalue weighted by atomic mass is 19.3. The van der Waals surface area contributed by atoms with E-state index < -0.39 is 29.9 Å². The van der Waals surface area contributed by atoms with E-state index in [0.717, 1.165) is 31.8 Å². The van der Waals surface area contributed by atoms with Gasteiger partial charge in [0.2, 0.25) is 0 Å². The van der Waals surface area contributed by atoms with Crippen LogP contribution >= 0.6 is 0 Å². The Balaban J connectivity index is 2.64. The molecule has 0 aliphatic heterocycles. The molecule has 6 heteroatoms. The minimum absolute atomic E-state index is 0.267. The second kappa shape index (κ2) is 7.52. The number of carboxylic acids is 1. The normalized spacial score (nSPS) is 18.9. The lowest BCUT2D eigenvalue weighted by Gasteiger charge is -2.26. The molecule has 0 amide bonds. The Morgan fingerprint density at radius 1 is 1.24 bits per heavy atom. The number of alkyl halides is 2. The van der Waals surface area contributed by atoms with Crippen LogP contribution in [0.4, 0.5) is 8.78 Å². The van der Waals surface area contributed by atoms with Gasteiger partial charge in [0.05, 0.1) is 0 Å². The van der Waals surface area contributed by atoms with Crippen LogP contribution in [-0.4, -0.2) is 29.1 Å². The molecule has 0 aromatic heterocycles. The zero-order valence-electron chi connectivity index (χ0n) is 12.4. The Kier molecular flexibility index (Phi) is 6.30. The van der Waals surface area contributed by atoms with E-state index >= 15 is 0 Å². The number of rotatable bonds is 6. The maximum Gasteiger partial charge on any atom is 0.378 e. The van der Waals surface area contributed by atoms with Crippen molar-refractivity contribution >= 4 is 11.9 Å². The number of carbonyl (C=O) groups is 2. The van der Waals surface area contributed by atoms with Crippen LogP contribution in [-0.2, 0) is 14.3 Å². The van der Waals surface area contributed by atoms with E-state index in [1.165, 1.54) is 20.3 Å². The average Bonchev–Trinajstić information content (AvgIpc) is 2.43. The predicted octanol–water partition coefficient (Wildman–Crippen LogP) is 3.41. The molecule has 1 rings (SSSR count). The average molecular weight is 304 g/mol. The molecule has 1 unspecified atom stereocenters. The fourth-order valence-corrected chi connectivity index (χ4v) is 2.46. The highest BCUT2D eigenvalue weighted by molar-refractivity contribution is 5.83. The summed E-state index contributed by atoms with van der Waals surface area (Å²) in [6, 6.07) is 0. The number of hydrogen-bond donors (Lipinski definition) is 1. The van der Waals surface area contributed by atoms with Crippen LogP contribution in [0.3, 0.4) is 0 Å². The fourth-order valence-electron chi connectivity index (χ4n) is 2.46. The summed E-state index contributed by atoms with van der Waals surface area (Å²) >= 11 is 0. The third-order valence-electron chi connectivity index (χ3n) is 3.65. The van der Waals surface area contributed by atoms with Crippen LogP contribution in [0.2, 0.25) is 0 Å². The topological polar surface area (TPSA) is 63.6 Å². The lowest BCUT2D eigenvalue weighted by atomic mass is 9.89. The van der Waals surface area contributed by atoms with E-state index in [4.69, 9.17) is 5.11 Å². The van der Waals surface area contributed by atoms with E-state index in [9.17, 15) is 18.4 Å². The zero-order valence-corrected chi connectivity index (χ0v) is 12.4. The van der Waals surface area contributed by atoms with Crippen molar-refractivity contribution in [3.05, 3.63) is 12.2 Å². The number of ether oxygens (including phenoxy) is 1. The van der Waals surface area contributed by atoms with Crippen molar-refractivity contribution in [2.75, 3.05) is 0 Å². The first kappa shape index (κ1) is 17.6. The van der Waals surface area contributed by atoms with Crippen LogP contribution in [0, 0.1) is 11.8 Å². The maximum absolute atomic E-state index is 13.5. The van der Waals surface area contributed by atoms with Crippen molar-refractivity contribution in [2.45, 2.75) is 58.0 Å². The molecule has 0 aromatic rings. The van der Waals surface area contributed by atoms with Crippen LogP contribution in [0.1, 0.15) is 46.0 Å². The van der Waals surface area contributed by atoms with Gasteiger partial charge in [-0.25, -0.2) is 9.59 Å². The lowest BCUT2D eigenvalue weighted by Crippen LogP contribution is -2.46. The molecule has 0 bridgehead atoms. The van der Waals surface area contributed by atoms with Gasteiger partial charge in [-0.05, 0) is 24.7 Å². The smallest absolute Gasteiger partial charge is 0.378 e. The second-order valence-electron chi connectivity index (χ2n) is 5.79. The van der Waals surface area contributed by atoms with Gasteiger partial charge in [0.25, 0.3) is 0 Å². The molecule has 1 saturated carbocycles. The minimum atomic E-state index is -4.09. The molecule has 120 valence electrons. The Bertz CT molecular complexity index is 398. The van der Waals surface area contributed by atoms with Crippen LogP contribution in [0.15, 0.2) is 12.2 Å². The van der Waals surface area contributed by atoms with Gasteiger partial charge < -0.3 is 9.84 Å². The summed E-state index contributed by atoms with van der Waals surface area (Å²) in [6.45, 7) is 2.78. The molecule has 0 saturated heterocycles. The summed E-state index contributed by atoms with van der Waals surface area (Å²) < 4.78 is 31.7. The minimum Gasteiger partial charge on any atom is -0.477 e. The zero-order chi connectivity index (χ0) is 16.0. The number of halogens is 2. The Hall–Kier alpha value is -1.46. The van der Waals surface area contributed by atoms with Gasteiger partial charge in [0, 0.05) is 6.08 Å². The number of esters is 1. The van der Waals surface area contributed by atoms with Crippen molar-refractivity contribution < 1.29 is 28.2 Å². The molecule has 1 aliphatic carbocycles. The van der Waals surface area contributed by atoms with Gasteiger partial charge in [-0.1, -0.05) is 39.2 Å². The molecule has 1 N–H and O–H groups in total. The van der Waals surface area contributed by atoms with Gasteiger partial charge in [-0.15, -0.1) is 0 Å². The molecular weight excluding hydrogens is 282 g/mol. The summed E-state index contributed by atoms with van der Waals surface area (Å²) in [5.74, 6) is -7.83. The fraction of sp³-hybridized carbons (Fsp3) is 0.733.